The van der Waals surface area contributed by atoms with Gasteiger partial charge in [-0.15, -0.1) is 24.0 Å². The predicted molar refractivity (Wildman–Crippen MR) is 139 cm³/mol. The summed E-state index contributed by atoms with van der Waals surface area (Å²) in [6, 6.07) is 8.81. The van der Waals surface area contributed by atoms with Crippen molar-refractivity contribution < 1.29 is 9.53 Å². The number of hydrogen-bond acceptors (Lipinski definition) is 4. The number of hydrogen-bond donors (Lipinski definition) is 2. The average Bonchev–Trinajstić information content (AvgIpc) is 2.75. The van der Waals surface area contributed by atoms with E-state index >= 15 is 0 Å². The van der Waals surface area contributed by atoms with E-state index in [9.17, 15) is 4.79 Å². The Bertz CT molecular complexity index is 686. The van der Waals surface area contributed by atoms with Crippen molar-refractivity contribution >= 4 is 35.8 Å². The first-order chi connectivity index (χ1) is 14.3. The third kappa shape index (κ3) is 9.74. The standard InChI is InChI=1S/C23H39N5O2.HI/c1-6-19-7-9-20(10-8-19)23(2,3)18-26-22(25-17-21(29)27(4)5)24-11-12-28-13-15-30-16-14-28;/h7-10H,6,11-18H2,1-5H3,(H2,24,25,26);1H. The normalized spacial score (nSPS) is 15.2. The number of halogens is 1. The van der Waals surface area contributed by atoms with Crippen LogP contribution < -0.4 is 10.6 Å². The monoisotopic (exact) mass is 545 g/mol. The fraction of sp³-hybridized carbons (Fsp3) is 0.652. The van der Waals surface area contributed by atoms with E-state index < -0.39 is 0 Å². The van der Waals surface area contributed by atoms with Gasteiger partial charge in [-0.3, -0.25) is 9.69 Å². The van der Waals surface area contributed by atoms with E-state index in [-0.39, 0.29) is 41.8 Å². The number of benzene rings is 1. The molecule has 31 heavy (non-hydrogen) atoms. The summed E-state index contributed by atoms with van der Waals surface area (Å²) >= 11 is 0. The molecule has 0 spiro atoms. The van der Waals surface area contributed by atoms with Gasteiger partial charge in [0.05, 0.1) is 13.2 Å². The fourth-order valence-corrected chi connectivity index (χ4v) is 3.22. The molecule has 0 unspecified atom stereocenters. The van der Waals surface area contributed by atoms with E-state index in [4.69, 9.17) is 4.74 Å². The molecule has 1 amide bonds. The van der Waals surface area contributed by atoms with Gasteiger partial charge in [-0.2, -0.15) is 0 Å². The number of rotatable bonds is 9. The molecule has 0 radical (unpaired) electrons. The van der Waals surface area contributed by atoms with Crippen LogP contribution in [0.15, 0.2) is 29.3 Å². The van der Waals surface area contributed by atoms with Crippen LogP contribution in [0.25, 0.3) is 0 Å². The summed E-state index contributed by atoms with van der Waals surface area (Å²) in [4.78, 5) is 20.4. The van der Waals surface area contributed by atoms with Crippen molar-refractivity contribution in [2.75, 3.05) is 66.6 Å². The van der Waals surface area contributed by atoms with E-state index in [0.29, 0.717) is 5.96 Å². The highest BCUT2D eigenvalue weighted by atomic mass is 127. The molecular formula is C23H40IN5O2. The van der Waals surface area contributed by atoms with Crippen LogP contribution >= 0.6 is 24.0 Å². The van der Waals surface area contributed by atoms with E-state index in [1.807, 2.05) is 0 Å². The number of nitrogens with zero attached hydrogens (tertiary/aromatic N) is 3. The van der Waals surface area contributed by atoms with Crippen molar-refractivity contribution in [1.29, 1.82) is 0 Å². The van der Waals surface area contributed by atoms with Gasteiger partial charge in [-0.05, 0) is 17.5 Å². The van der Waals surface area contributed by atoms with Gasteiger partial charge >= 0.3 is 0 Å². The maximum absolute atomic E-state index is 12.0. The Hall–Kier alpha value is -1.39. The molecule has 1 fully saturated rings. The maximum atomic E-state index is 12.0. The van der Waals surface area contributed by atoms with Gasteiger partial charge in [0.15, 0.2) is 5.96 Å². The summed E-state index contributed by atoms with van der Waals surface area (Å²) in [5.41, 5.74) is 2.56. The number of aryl methyl sites for hydroxylation is 1. The van der Waals surface area contributed by atoms with Crippen LogP contribution in [-0.4, -0.2) is 88.2 Å². The van der Waals surface area contributed by atoms with Crippen molar-refractivity contribution in [2.45, 2.75) is 32.6 Å². The topological polar surface area (TPSA) is 69.2 Å². The predicted octanol–water partition coefficient (Wildman–Crippen LogP) is 2.10. The second-order valence-corrected chi connectivity index (χ2v) is 8.62. The lowest BCUT2D eigenvalue weighted by Gasteiger charge is -2.28. The zero-order valence-corrected chi connectivity index (χ0v) is 22.1. The van der Waals surface area contributed by atoms with E-state index in [1.54, 1.807) is 19.0 Å². The van der Waals surface area contributed by atoms with Crippen LogP contribution in [0.4, 0.5) is 0 Å². The van der Waals surface area contributed by atoms with Gasteiger partial charge in [-0.1, -0.05) is 45.0 Å². The molecule has 2 rings (SSSR count). The van der Waals surface area contributed by atoms with Crippen LogP contribution in [-0.2, 0) is 21.4 Å². The number of guanidine groups is 1. The molecule has 0 aromatic heterocycles. The second-order valence-electron chi connectivity index (χ2n) is 8.62. The lowest BCUT2D eigenvalue weighted by Crippen LogP contribution is -2.47. The van der Waals surface area contributed by atoms with Gasteiger partial charge in [0.2, 0.25) is 5.91 Å². The highest BCUT2D eigenvalue weighted by Crippen LogP contribution is 2.22. The number of morpholine rings is 1. The quantitative estimate of drug-likeness (QED) is 0.283. The highest BCUT2D eigenvalue weighted by molar-refractivity contribution is 14.0. The Balaban J connectivity index is 0.00000480. The minimum atomic E-state index is -0.0650. The minimum Gasteiger partial charge on any atom is -0.379 e. The van der Waals surface area contributed by atoms with Crippen molar-refractivity contribution in [3.63, 3.8) is 0 Å². The fourth-order valence-electron chi connectivity index (χ4n) is 3.22. The Labute approximate surface area is 205 Å². The SMILES string of the molecule is CCc1ccc(C(C)(C)CNC(=NCC(=O)N(C)C)NCCN2CCOCC2)cc1.I. The summed E-state index contributed by atoms with van der Waals surface area (Å²) < 4.78 is 5.41. The van der Waals surface area contributed by atoms with Gasteiger partial charge < -0.3 is 20.3 Å². The largest absolute Gasteiger partial charge is 0.379 e. The lowest BCUT2D eigenvalue weighted by molar-refractivity contribution is -0.127. The zero-order valence-electron chi connectivity index (χ0n) is 19.7. The summed E-state index contributed by atoms with van der Waals surface area (Å²) in [6.07, 6.45) is 1.04. The Morgan fingerprint density at radius 3 is 2.39 bits per heavy atom. The molecule has 7 nitrogen and oxygen atoms in total. The first-order valence-corrected chi connectivity index (χ1v) is 10.9. The molecule has 0 bridgehead atoms. The molecule has 1 aromatic carbocycles. The number of aliphatic imine (C=N–C) groups is 1. The molecule has 2 N–H and O–H groups in total. The van der Waals surface area contributed by atoms with Gasteiger partial charge in [0.25, 0.3) is 0 Å². The van der Waals surface area contributed by atoms with E-state index in [2.05, 4.69) is 65.6 Å². The van der Waals surface area contributed by atoms with Crippen molar-refractivity contribution in [3.8, 4) is 0 Å². The Kier molecular flexibility index (Phi) is 12.4. The van der Waals surface area contributed by atoms with Gasteiger partial charge in [-0.25, -0.2) is 4.99 Å². The zero-order chi connectivity index (χ0) is 22.0. The van der Waals surface area contributed by atoms with E-state index in [0.717, 1.165) is 52.4 Å². The molecule has 1 saturated heterocycles. The maximum Gasteiger partial charge on any atom is 0.243 e. The molecule has 0 atom stereocenters. The van der Waals surface area contributed by atoms with Crippen LogP contribution in [0.5, 0.6) is 0 Å². The van der Waals surface area contributed by atoms with Crippen LogP contribution in [0.2, 0.25) is 0 Å². The highest BCUT2D eigenvalue weighted by Gasteiger charge is 2.21. The number of amides is 1. The third-order valence-corrected chi connectivity index (χ3v) is 5.54. The Morgan fingerprint density at radius 2 is 1.81 bits per heavy atom. The number of nitrogens with one attached hydrogen (secondary N) is 2. The molecule has 0 saturated carbocycles. The lowest BCUT2D eigenvalue weighted by atomic mass is 9.84. The number of ether oxygens (including phenoxy) is 1. The summed E-state index contributed by atoms with van der Waals surface area (Å²) in [6.45, 7) is 12.7. The van der Waals surface area contributed by atoms with Crippen molar-refractivity contribution in [1.82, 2.24) is 20.4 Å². The molecule has 1 heterocycles. The van der Waals surface area contributed by atoms with E-state index in [1.165, 1.54) is 11.1 Å². The molecular weight excluding hydrogens is 505 g/mol. The number of likely N-dealkylation sites (N-methyl/N-ethyl adjacent to an activating group) is 1. The number of carbonyl (C=O) groups is 1. The van der Waals surface area contributed by atoms with Crippen molar-refractivity contribution in [2.24, 2.45) is 4.99 Å². The smallest absolute Gasteiger partial charge is 0.243 e. The molecule has 176 valence electrons. The third-order valence-electron chi connectivity index (χ3n) is 5.54. The molecule has 1 aromatic rings. The average molecular weight is 546 g/mol. The molecule has 8 heteroatoms. The van der Waals surface area contributed by atoms with Crippen LogP contribution in [0.3, 0.4) is 0 Å². The first kappa shape index (κ1) is 27.6. The first-order valence-electron chi connectivity index (χ1n) is 10.9. The van der Waals surface area contributed by atoms with Crippen LogP contribution in [0.1, 0.15) is 31.9 Å². The van der Waals surface area contributed by atoms with Crippen LogP contribution in [0, 0.1) is 0 Å². The summed E-state index contributed by atoms with van der Waals surface area (Å²) in [7, 11) is 3.50. The Morgan fingerprint density at radius 1 is 1.16 bits per heavy atom. The molecule has 1 aliphatic rings. The summed E-state index contributed by atoms with van der Waals surface area (Å²) in [5, 5.41) is 6.83. The molecule has 0 aliphatic carbocycles. The van der Waals surface area contributed by atoms with Crippen molar-refractivity contribution in [3.05, 3.63) is 35.4 Å². The van der Waals surface area contributed by atoms with Gasteiger partial charge in [0.1, 0.15) is 6.54 Å². The molecule has 1 aliphatic heterocycles. The van der Waals surface area contributed by atoms with Gasteiger partial charge in [0, 0.05) is 52.2 Å². The summed E-state index contributed by atoms with van der Waals surface area (Å²) in [5.74, 6) is 0.662. The minimum absolute atomic E-state index is 0. The number of carbonyl (C=O) groups excluding carboxylic acids is 1. The second kappa shape index (κ2) is 13.9.